The molecular formula is C18H28BFN4O2. The highest BCUT2D eigenvalue weighted by Crippen LogP contribution is 2.39. The van der Waals surface area contributed by atoms with Gasteiger partial charge in [-0.25, -0.2) is 9.07 Å². The summed E-state index contributed by atoms with van der Waals surface area (Å²) in [6, 6.07) is 1.08. The number of hydrogen-bond acceptors (Lipinski definition) is 5. The summed E-state index contributed by atoms with van der Waals surface area (Å²) in [5, 5.41) is 8.28. The molecule has 2 aliphatic heterocycles. The number of aromatic nitrogens is 3. The summed E-state index contributed by atoms with van der Waals surface area (Å²) in [4.78, 5) is 2.53. The van der Waals surface area contributed by atoms with Crippen LogP contribution in [0.25, 0.3) is 6.08 Å². The van der Waals surface area contributed by atoms with Crippen LogP contribution >= 0.6 is 0 Å². The zero-order valence-corrected chi connectivity index (χ0v) is 16.1. The van der Waals surface area contributed by atoms with Crippen molar-refractivity contribution >= 4 is 13.2 Å². The largest absolute Gasteiger partial charge is 0.525 e. The fraction of sp³-hybridized carbons (Fsp3) is 0.778. The zero-order valence-electron chi connectivity index (χ0n) is 16.1. The summed E-state index contributed by atoms with van der Waals surface area (Å²) in [5.41, 5.74) is -1.10. The minimum Gasteiger partial charge on any atom is -0.398 e. The smallest absolute Gasteiger partial charge is 0.398 e. The van der Waals surface area contributed by atoms with Gasteiger partial charge in [0.15, 0.2) is 0 Å². The highest BCUT2D eigenvalue weighted by Gasteiger charge is 2.53. The van der Waals surface area contributed by atoms with E-state index in [0.717, 1.165) is 19.1 Å². The number of hydrogen-bond donors (Lipinski definition) is 0. The molecule has 0 spiro atoms. The Kier molecular flexibility index (Phi) is 4.48. The monoisotopic (exact) mass is 362 g/mol. The Morgan fingerprint density at radius 1 is 1.15 bits per heavy atom. The minimum atomic E-state index is -0.994. The van der Waals surface area contributed by atoms with Crippen LogP contribution in [0.15, 0.2) is 11.9 Å². The van der Waals surface area contributed by atoms with E-state index in [1.807, 2.05) is 38.6 Å². The van der Waals surface area contributed by atoms with Crippen molar-refractivity contribution in [2.45, 2.75) is 76.7 Å². The summed E-state index contributed by atoms with van der Waals surface area (Å²) in [6.45, 7) is 9.65. The Labute approximate surface area is 154 Å². The molecule has 3 aliphatic rings. The van der Waals surface area contributed by atoms with Crippen LogP contribution < -0.4 is 0 Å². The predicted molar refractivity (Wildman–Crippen MR) is 98.1 cm³/mol. The van der Waals surface area contributed by atoms with Crippen molar-refractivity contribution in [1.82, 2.24) is 19.9 Å². The van der Waals surface area contributed by atoms with E-state index < -0.39 is 24.0 Å². The van der Waals surface area contributed by atoms with Crippen molar-refractivity contribution < 1.29 is 13.7 Å². The molecule has 1 aromatic rings. The highest BCUT2D eigenvalue weighted by atomic mass is 19.1. The summed E-state index contributed by atoms with van der Waals surface area (Å²) in [7, 11) is -0.994. The molecule has 142 valence electrons. The van der Waals surface area contributed by atoms with Gasteiger partial charge in [-0.1, -0.05) is 18.1 Å². The van der Waals surface area contributed by atoms with Crippen molar-refractivity contribution in [3.63, 3.8) is 0 Å². The highest BCUT2D eigenvalue weighted by molar-refractivity contribution is 6.54. The number of halogens is 1. The molecule has 26 heavy (non-hydrogen) atoms. The lowest BCUT2D eigenvalue weighted by atomic mass is 9.87. The molecular weight excluding hydrogens is 334 g/mol. The topological polar surface area (TPSA) is 52.4 Å². The van der Waals surface area contributed by atoms with Crippen LogP contribution in [0.3, 0.4) is 0 Å². The number of rotatable bonds is 4. The first-order chi connectivity index (χ1) is 12.2. The third-order valence-corrected chi connectivity index (χ3v) is 6.40. The van der Waals surface area contributed by atoms with Gasteiger partial charge in [-0.15, -0.1) is 5.10 Å². The molecule has 0 atom stereocenters. The molecule has 0 unspecified atom stereocenters. The van der Waals surface area contributed by atoms with Crippen molar-refractivity contribution in [2.24, 2.45) is 0 Å². The van der Waals surface area contributed by atoms with E-state index in [9.17, 15) is 4.39 Å². The first kappa shape index (κ1) is 18.1. The van der Waals surface area contributed by atoms with Gasteiger partial charge in [-0.05, 0) is 46.6 Å². The molecule has 6 nitrogen and oxygen atoms in total. The second kappa shape index (κ2) is 6.42. The molecule has 1 aliphatic carbocycles. The van der Waals surface area contributed by atoms with E-state index >= 15 is 0 Å². The van der Waals surface area contributed by atoms with Crippen LogP contribution in [0.2, 0.25) is 0 Å². The van der Waals surface area contributed by atoms with E-state index in [2.05, 4.69) is 15.2 Å². The van der Waals surface area contributed by atoms with E-state index in [4.69, 9.17) is 9.31 Å². The first-order valence-electron chi connectivity index (χ1n) is 9.64. The maximum absolute atomic E-state index is 14.6. The van der Waals surface area contributed by atoms with Crippen molar-refractivity contribution in [2.75, 3.05) is 13.1 Å². The Bertz CT molecular complexity index is 677. The van der Waals surface area contributed by atoms with E-state index in [1.165, 1.54) is 31.8 Å². The molecule has 3 fully saturated rings. The van der Waals surface area contributed by atoms with Gasteiger partial charge in [0.2, 0.25) is 0 Å². The molecule has 0 radical (unpaired) electrons. The molecule has 0 N–H and O–H groups in total. The summed E-state index contributed by atoms with van der Waals surface area (Å²) >= 11 is 0. The maximum Gasteiger partial charge on any atom is 0.525 e. The van der Waals surface area contributed by atoms with Crippen molar-refractivity contribution in [3.05, 3.63) is 17.6 Å². The van der Waals surface area contributed by atoms with Gasteiger partial charge in [-0.2, -0.15) is 0 Å². The quantitative estimate of drug-likeness (QED) is 0.771. The van der Waals surface area contributed by atoms with E-state index in [-0.39, 0.29) is 0 Å². The van der Waals surface area contributed by atoms with Crippen LogP contribution in [-0.4, -0.2) is 57.3 Å². The normalized spacial score (nSPS) is 27.3. The van der Waals surface area contributed by atoms with Gasteiger partial charge in [0, 0.05) is 19.1 Å². The Hall–Kier alpha value is -1.25. The fourth-order valence-electron chi connectivity index (χ4n) is 3.92. The maximum atomic E-state index is 14.6. The molecule has 0 aromatic carbocycles. The van der Waals surface area contributed by atoms with Gasteiger partial charge in [0.25, 0.3) is 0 Å². The lowest BCUT2D eigenvalue weighted by Gasteiger charge is -2.42. The summed E-state index contributed by atoms with van der Waals surface area (Å²) < 4.78 is 27.9. The van der Waals surface area contributed by atoms with Crippen LogP contribution in [0.5, 0.6) is 0 Å². The molecule has 3 heterocycles. The van der Waals surface area contributed by atoms with Crippen LogP contribution in [0.1, 0.15) is 65.1 Å². The SMILES string of the molecule is CC1(C)OB(C(F)=Cc2cn(C3CN(C4CCCC4)C3)nn2)OC1(C)C. The second-order valence-corrected chi connectivity index (χ2v) is 8.79. The average molecular weight is 362 g/mol. The molecule has 0 amide bonds. The van der Waals surface area contributed by atoms with E-state index in [0.29, 0.717) is 11.7 Å². The summed E-state index contributed by atoms with van der Waals surface area (Å²) in [5.74, 6) is 0. The molecule has 0 bridgehead atoms. The predicted octanol–water partition coefficient (Wildman–Crippen LogP) is 3.02. The number of likely N-dealkylation sites (tertiary alicyclic amines) is 1. The lowest BCUT2D eigenvalue weighted by molar-refractivity contribution is 0.00578. The first-order valence-corrected chi connectivity index (χ1v) is 9.64. The Balaban J connectivity index is 1.37. The Morgan fingerprint density at radius 2 is 1.77 bits per heavy atom. The van der Waals surface area contributed by atoms with Gasteiger partial charge >= 0.3 is 7.12 Å². The van der Waals surface area contributed by atoms with Gasteiger partial charge in [0.1, 0.15) is 11.4 Å². The second-order valence-electron chi connectivity index (χ2n) is 8.79. The summed E-state index contributed by atoms with van der Waals surface area (Å²) in [6.07, 6.45) is 8.50. The zero-order chi connectivity index (χ0) is 18.5. The van der Waals surface area contributed by atoms with Gasteiger partial charge in [-0.3, -0.25) is 4.90 Å². The minimum absolute atomic E-state index is 0.338. The standard InChI is InChI=1S/C18H28BFN4O2/c1-17(2)18(3,4)26-19(25-17)16(20)9-13-10-24(22-21-13)15-11-23(12-15)14-7-5-6-8-14/h9-10,14-15H,5-8,11-12H2,1-4H3. The molecule has 1 saturated carbocycles. The molecule has 8 heteroatoms. The van der Waals surface area contributed by atoms with Crippen LogP contribution in [0, 0.1) is 0 Å². The number of nitrogens with zero attached hydrogens (tertiary/aromatic N) is 4. The van der Waals surface area contributed by atoms with E-state index in [1.54, 1.807) is 0 Å². The lowest BCUT2D eigenvalue weighted by Crippen LogP contribution is -2.52. The Morgan fingerprint density at radius 3 is 2.38 bits per heavy atom. The third-order valence-electron chi connectivity index (χ3n) is 6.40. The van der Waals surface area contributed by atoms with Gasteiger partial charge in [0.05, 0.1) is 23.4 Å². The van der Waals surface area contributed by atoms with Gasteiger partial charge < -0.3 is 9.31 Å². The third kappa shape index (κ3) is 3.23. The van der Waals surface area contributed by atoms with Crippen LogP contribution in [-0.2, 0) is 9.31 Å². The molecule has 1 aromatic heterocycles. The molecule has 2 saturated heterocycles. The molecule has 4 rings (SSSR count). The fourth-order valence-corrected chi connectivity index (χ4v) is 3.92. The average Bonchev–Trinajstić information content (AvgIpc) is 3.20. The van der Waals surface area contributed by atoms with Crippen molar-refractivity contribution in [3.8, 4) is 0 Å². The van der Waals surface area contributed by atoms with Crippen molar-refractivity contribution in [1.29, 1.82) is 0 Å². The van der Waals surface area contributed by atoms with Crippen LogP contribution in [0.4, 0.5) is 4.39 Å².